The Bertz CT molecular complexity index is 357. The SMILES string of the molecule is CCOCC(=O)c1cc(Cl)c(N)c(Cl)c1. The first kappa shape index (κ1) is 12.3. The molecule has 0 fully saturated rings. The van der Waals surface area contributed by atoms with Crippen molar-refractivity contribution in [2.24, 2.45) is 0 Å². The van der Waals surface area contributed by atoms with E-state index in [1.165, 1.54) is 12.1 Å². The molecule has 3 nitrogen and oxygen atoms in total. The molecule has 0 bridgehead atoms. The minimum atomic E-state index is -0.166. The van der Waals surface area contributed by atoms with Crippen molar-refractivity contribution in [2.45, 2.75) is 6.92 Å². The average Bonchev–Trinajstić information content (AvgIpc) is 2.21. The van der Waals surface area contributed by atoms with Crippen LogP contribution in [0.1, 0.15) is 17.3 Å². The molecule has 0 amide bonds. The number of hydrogen-bond acceptors (Lipinski definition) is 3. The molecule has 1 aromatic rings. The van der Waals surface area contributed by atoms with E-state index >= 15 is 0 Å². The highest BCUT2D eigenvalue weighted by molar-refractivity contribution is 6.39. The van der Waals surface area contributed by atoms with Crippen LogP contribution in [0.25, 0.3) is 0 Å². The molecular weight excluding hydrogens is 237 g/mol. The maximum atomic E-state index is 11.5. The zero-order valence-electron chi connectivity index (χ0n) is 8.22. The van der Waals surface area contributed by atoms with Crippen molar-refractivity contribution in [1.82, 2.24) is 0 Å². The van der Waals surface area contributed by atoms with E-state index in [1.54, 1.807) is 0 Å². The molecule has 0 unspecified atom stereocenters. The topological polar surface area (TPSA) is 52.3 Å². The Balaban J connectivity index is 2.91. The number of ether oxygens (including phenoxy) is 1. The molecule has 0 saturated heterocycles. The fourth-order valence-electron chi connectivity index (χ4n) is 1.02. The number of rotatable bonds is 4. The maximum absolute atomic E-state index is 11.5. The Labute approximate surface area is 98.1 Å². The van der Waals surface area contributed by atoms with Crippen molar-refractivity contribution in [3.05, 3.63) is 27.7 Å². The summed E-state index contributed by atoms with van der Waals surface area (Å²) >= 11 is 11.6. The van der Waals surface area contributed by atoms with Crippen molar-refractivity contribution in [2.75, 3.05) is 18.9 Å². The number of benzene rings is 1. The van der Waals surface area contributed by atoms with E-state index in [-0.39, 0.29) is 28.1 Å². The monoisotopic (exact) mass is 247 g/mol. The fraction of sp³-hybridized carbons (Fsp3) is 0.300. The van der Waals surface area contributed by atoms with Crippen LogP contribution in [-0.4, -0.2) is 19.0 Å². The fourth-order valence-corrected chi connectivity index (χ4v) is 1.51. The Morgan fingerprint density at radius 3 is 2.40 bits per heavy atom. The first-order valence-electron chi connectivity index (χ1n) is 4.41. The molecule has 0 aliphatic carbocycles. The molecule has 0 heterocycles. The van der Waals surface area contributed by atoms with Gasteiger partial charge >= 0.3 is 0 Å². The largest absolute Gasteiger partial charge is 0.396 e. The Morgan fingerprint density at radius 2 is 1.93 bits per heavy atom. The minimum absolute atomic E-state index is 0.0209. The number of anilines is 1. The molecule has 15 heavy (non-hydrogen) atoms. The van der Waals surface area contributed by atoms with Gasteiger partial charge in [-0.1, -0.05) is 23.2 Å². The third-order valence-corrected chi connectivity index (χ3v) is 2.46. The quantitative estimate of drug-likeness (QED) is 0.658. The van der Waals surface area contributed by atoms with Crippen LogP contribution >= 0.6 is 23.2 Å². The van der Waals surface area contributed by atoms with Gasteiger partial charge in [0.05, 0.1) is 15.7 Å². The highest BCUT2D eigenvalue weighted by Crippen LogP contribution is 2.28. The molecule has 0 saturated carbocycles. The molecule has 0 radical (unpaired) electrons. The zero-order valence-corrected chi connectivity index (χ0v) is 9.73. The molecule has 0 atom stereocenters. The van der Waals surface area contributed by atoms with Gasteiger partial charge in [-0.2, -0.15) is 0 Å². The van der Waals surface area contributed by atoms with Crippen molar-refractivity contribution in [1.29, 1.82) is 0 Å². The highest BCUT2D eigenvalue weighted by atomic mass is 35.5. The molecule has 5 heteroatoms. The van der Waals surface area contributed by atoms with Gasteiger partial charge in [0.25, 0.3) is 0 Å². The normalized spacial score (nSPS) is 10.3. The first-order chi connectivity index (χ1) is 7.06. The van der Waals surface area contributed by atoms with Crippen molar-refractivity contribution < 1.29 is 9.53 Å². The van der Waals surface area contributed by atoms with E-state index in [9.17, 15) is 4.79 Å². The van der Waals surface area contributed by atoms with Crippen LogP contribution in [0.2, 0.25) is 10.0 Å². The minimum Gasteiger partial charge on any atom is -0.396 e. The third kappa shape index (κ3) is 3.09. The lowest BCUT2D eigenvalue weighted by Gasteiger charge is -2.05. The standard InChI is InChI=1S/C10H11Cl2NO2/c1-2-15-5-9(14)6-3-7(11)10(13)8(12)4-6/h3-4H,2,5,13H2,1H3. The van der Waals surface area contributed by atoms with E-state index < -0.39 is 0 Å². The molecule has 0 aromatic heterocycles. The van der Waals surface area contributed by atoms with Gasteiger partial charge in [-0.25, -0.2) is 0 Å². The summed E-state index contributed by atoms with van der Waals surface area (Å²) in [5, 5.41) is 0.560. The predicted molar refractivity (Wildman–Crippen MR) is 61.7 cm³/mol. The van der Waals surface area contributed by atoms with Crippen LogP contribution < -0.4 is 5.73 Å². The summed E-state index contributed by atoms with van der Waals surface area (Å²) < 4.78 is 4.99. The lowest BCUT2D eigenvalue weighted by molar-refractivity contribution is 0.0783. The molecule has 82 valence electrons. The smallest absolute Gasteiger partial charge is 0.188 e. The Hall–Kier alpha value is -0.770. The summed E-state index contributed by atoms with van der Waals surface area (Å²) in [6, 6.07) is 2.98. The molecule has 0 aliphatic heterocycles. The van der Waals surface area contributed by atoms with Gasteiger partial charge in [0, 0.05) is 12.2 Å². The molecular formula is C10H11Cl2NO2. The zero-order chi connectivity index (χ0) is 11.4. The summed E-state index contributed by atoms with van der Waals surface area (Å²) in [4.78, 5) is 11.5. The van der Waals surface area contributed by atoms with Gasteiger partial charge in [0.2, 0.25) is 0 Å². The molecule has 0 aliphatic rings. The van der Waals surface area contributed by atoms with Gasteiger partial charge in [-0.15, -0.1) is 0 Å². The van der Waals surface area contributed by atoms with Gasteiger partial charge < -0.3 is 10.5 Å². The van der Waals surface area contributed by atoms with Gasteiger partial charge in [0.15, 0.2) is 5.78 Å². The van der Waals surface area contributed by atoms with E-state index in [0.29, 0.717) is 12.2 Å². The maximum Gasteiger partial charge on any atom is 0.188 e. The summed E-state index contributed by atoms with van der Waals surface area (Å²) in [6.07, 6.45) is 0. The second-order valence-electron chi connectivity index (χ2n) is 2.91. The number of halogens is 2. The summed E-state index contributed by atoms with van der Waals surface area (Å²) in [6.45, 7) is 2.32. The van der Waals surface area contributed by atoms with Crippen LogP contribution in [0.15, 0.2) is 12.1 Å². The Kier molecular flexibility index (Phi) is 4.39. The predicted octanol–water partition coefficient (Wildman–Crippen LogP) is 2.79. The van der Waals surface area contributed by atoms with Crippen LogP contribution in [-0.2, 0) is 4.74 Å². The molecule has 1 aromatic carbocycles. The second-order valence-corrected chi connectivity index (χ2v) is 3.73. The number of carbonyl (C=O) groups is 1. The van der Waals surface area contributed by atoms with Crippen LogP contribution in [0.4, 0.5) is 5.69 Å². The van der Waals surface area contributed by atoms with E-state index in [0.717, 1.165) is 0 Å². The number of ketones is 1. The van der Waals surface area contributed by atoms with Gasteiger partial charge in [0.1, 0.15) is 6.61 Å². The molecule has 1 rings (SSSR count). The number of hydrogen-bond donors (Lipinski definition) is 1. The van der Waals surface area contributed by atoms with Gasteiger partial charge in [-0.05, 0) is 19.1 Å². The highest BCUT2D eigenvalue weighted by Gasteiger charge is 2.10. The van der Waals surface area contributed by atoms with Crippen LogP contribution in [0.5, 0.6) is 0 Å². The summed E-state index contributed by atoms with van der Waals surface area (Å²) in [7, 11) is 0. The lowest BCUT2D eigenvalue weighted by Crippen LogP contribution is -2.09. The average molecular weight is 248 g/mol. The number of nitrogens with two attached hydrogens (primary N) is 1. The second kappa shape index (κ2) is 5.35. The number of nitrogen functional groups attached to an aromatic ring is 1. The first-order valence-corrected chi connectivity index (χ1v) is 5.17. The van der Waals surface area contributed by atoms with E-state index in [2.05, 4.69) is 0 Å². The summed E-state index contributed by atoms with van der Waals surface area (Å²) in [5.41, 5.74) is 6.24. The van der Waals surface area contributed by atoms with Crippen molar-refractivity contribution >= 4 is 34.7 Å². The van der Waals surface area contributed by atoms with Gasteiger partial charge in [-0.3, -0.25) is 4.79 Å². The lowest BCUT2D eigenvalue weighted by atomic mass is 10.1. The number of carbonyl (C=O) groups excluding carboxylic acids is 1. The van der Waals surface area contributed by atoms with Crippen molar-refractivity contribution in [3.8, 4) is 0 Å². The van der Waals surface area contributed by atoms with Crippen LogP contribution in [0.3, 0.4) is 0 Å². The number of Topliss-reactive ketones (excluding diaryl/α,β-unsaturated/α-hetero) is 1. The Morgan fingerprint density at radius 1 is 1.40 bits per heavy atom. The van der Waals surface area contributed by atoms with E-state index in [4.69, 9.17) is 33.7 Å². The molecule has 0 spiro atoms. The van der Waals surface area contributed by atoms with Crippen molar-refractivity contribution in [3.63, 3.8) is 0 Å². The third-order valence-electron chi connectivity index (χ3n) is 1.84. The van der Waals surface area contributed by atoms with E-state index in [1.807, 2.05) is 6.92 Å². The summed E-state index contributed by atoms with van der Waals surface area (Å²) in [5.74, 6) is -0.166. The van der Waals surface area contributed by atoms with Crippen LogP contribution in [0, 0.1) is 0 Å². The molecule has 2 N–H and O–H groups in total.